The second-order valence-electron chi connectivity index (χ2n) is 8.06. The molecule has 3 rings (SSSR count). The third kappa shape index (κ3) is 2.84. The van der Waals surface area contributed by atoms with Crippen molar-refractivity contribution in [1.29, 1.82) is 0 Å². The third-order valence-electron chi connectivity index (χ3n) is 5.71. The van der Waals surface area contributed by atoms with Crippen LogP contribution in [0.3, 0.4) is 0 Å². The second-order valence-corrected chi connectivity index (χ2v) is 8.06. The first-order valence-corrected chi connectivity index (χ1v) is 8.91. The Hall–Kier alpha value is -1.89. The van der Waals surface area contributed by atoms with Crippen molar-refractivity contribution in [3.8, 4) is 0 Å². The molecule has 0 bridgehead atoms. The molecule has 3 heterocycles. The molecule has 2 saturated heterocycles. The second kappa shape index (κ2) is 6.12. The standard InChI is InChI=1S/C18H29N5O2/c1-12(2)22-8-14-9-23(11-18(14,10-22)17(25)20(4)5)16(24)15-7-13(3)19-21(15)6/h7,12,14H,8-11H2,1-6H3/t14-,18-/m0/s1. The summed E-state index contributed by atoms with van der Waals surface area (Å²) in [6.07, 6.45) is 0. The van der Waals surface area contributed by atoms with Gasteiger partial charge in [-0.2, -0.15) is 5.10 Å². The van der Waals surface area contributed by atoms with Crippen molar-refractivity contribution in [2.24, 2.45) is 18.4 Å². The van der Waals surface area contributed by atoms with Crippen LogP contribution in [-0.4, -0.2) is 82.6 Å². The van der Waals surface area contributed by atoms with Crippen LogP contribution in [0, 0.1) is 18.3 Å². The zero-order valence-electron chi connectivity index (χ0n) is 16.1. The fourth-order valence-electron chi connectivity index (χ4n) is 4.37. The molecule has 1 aromatic rings. The van der Waals surface area contributed by atoms with Gasteiger partial charge in [-0.05, 0) is 26.8 Å². The number of likely N-dealkylation sites (tertiary alicyclic amines) is 2. The predicted molar refractivity (Wildman–Crippen MR) is 95.2 cm³/mol. The van der Waals surface area contributed by atoms with Crippen LogP contribution in [0.4, 0.5) is 0 Å². The Balaban J connectivity index is 1.88. The molecule has 2 aliphatic heterocycles. The first kappa shape index (κ1) is 17.9. The summed E-state index contributed by atoms with van der Waals surface area (Å²) >= 11 is 0. The molecule has 2 fully saturated rings. The van der Waals surface area contributed by atoms with Crippen molar-refractivity contribution in [2.75, 3.05) is 40.3 Å². The van der Waals surface area contributed by atoms with E-state index in [0.717, 1.165) is 18.8 Å². The number of amides is 2. The molecular formula is C18H29N5O2. The van der Waals surface area contributed by atoms with Gasteiger partial charge in [0.2, 0.25) is 5.91 Å². The number of nitrogens with zero attached hydrogens (tertiary/aromatic N) is 5. The number of hydrogen-bond donors (Lipinski definition) is 0. The highest BCUT2D eigenvalue weighted by atomic mass is 16.2. The Morgan fingerprint density at radius 1 is 1.28 bits per heavy atom. The number of hydrogen-bond acceptors (Lipinski definition) is 4. The van der Waals surface area contributed by atoms with Gasteiger partial charge in [0.15, 0.2) is 0 Å². The Morgan fingerprint density at radius 2 is 1.96 bits per heavy atom. The van der Waals surface area contributed by atoms with Gasteiger partial charge in [0, 0.05) is 59.3 Å². The summed E-state index contributed by atoms with van der Waals surface area (Å²) in [4.78, 5) is 31.9. The Bertz CT molecular complexity index is 696. The highest BCUT2D eigenvalue weighted by molar-refractivity contribution is 5.94. The molecular weight excluding hydrogens is 318 g/mol. The van der Waals surface area contributed by atoms with E-state index in [1.807, 2.05) is 17.9 Å². The minimum absolute atomic E-state index is 0.0282. The van der Waals surface area contributed by atoms with Gasteiger partial charge in [-0.3, -0.25) is 19.2 Å². The molecule has 0 N–H and O–H groups in total. The maximum absolute atomic E-state index is 13.0. The monoisotopic (exact) mass is 347 g/mol. The number of fused-ring (bicyclic) bond motifs is 1. The van der Waals surface area contributed by atoms with Crippen LogP contribution in [0.15, 0.2) is 6.07 Å². The molecule has 7 heteroatoms. The van der Waals surface area contributed by atoms with Crippen LogP contribution >= 0.6 is 0 Å². The third-order valence-corrected chi connectivity index (χ3v) is 5.71. The van der Waals surface area contributed by atoms with Crippen LogP contribution in [-0.2, 0) is 11.8 Å². The fourth-order valence-corrected chi connectivity index (χ4v) is 4.37. The lowest BCUT2D eigenvalue weighted by Crippen LogP contribution is -2.48. The Morgan fingerprint density at radius 3 is 2.48 bits per heavy atom. The van der Waals surface area contributed by atoms with Crippen molar-refractivity contribution in [1.82, 2.24) is 24.5 Å². The molecule has 25 heavy (non-hydrogen) atoms. The van der Waals surface area contributed by atoms with Gasteiger partial charge < -0.3 is 9.80 Å². The molecule has 0 aliphatic carbocycles. The van der Waals surface area contributed by atoms with Crippen LogP contribution in [0.25, 0.3) is 0 Å². The molecule has 138 valence electrons. The maximum atomic E-state index is 13.0. The summed E-state index contributed by atoms with van der Waals surface area (Å²) in [5.41, 5.74) is 0.929. The van der Waals surface area contributed by atoms with Crippen molar-refractivity contribution >= 4 is 11.8 Å². The maximum Gasteiger partial charge on any atom is 0.272 e. The van der Waals surface area contributed by atoms with Gasteiger partial charge in [-0.25, -0.2) is 0 Å². The molecule has 1 aromatic heterocycles. The molecule has 0 radical (unpaired) electrons. The van der Waals surface area contributed by atoms with E-state index in [1.54, 1.807) is 30.7 Å². The normalized spacial score (nSPS) is 26.4. The summed E-state index contributed by atoms with van der Waals surface area (Å²) in [5, 5.41) is 4.28. The fraction of sp³-hybridized carbons (Fsp3) is 0.722. The van der Waals surface area contributed by atoms with E-state index in [4.69, 9.17) is 0 Å². The lowest BCUT2D eigenvalue weighted by atomic mass is 9.79. The molecule has 2 atom stereocenters. The Labute approximate surface area is 149 Å². The van der Waals surface area contributed by atoms with Crippen molar-refractivity contribution in [2.45, 2.75) is 26.8 Å². The van der Waals surface area contributed by atoms with E-state index in [0.29, 0.717) is 24.8 Å². The van der Waals surface area contributed by atoms with E-state index >= 15 is 0 Å². The van der Waals surface area contributed by atoms with Gasteiger partial charge >= 0.3 is 0 Å². The number of carbonyl (C=O) groups excluding carboxylic acids is 2. The summed E-state index contributed by atoms with van der Waals surface area (Å²) in [7, 11) is 5.40. The van der Waals surface area contributed by atoms with Crippen LogP contribution in [0.1, 0.15) is 30.0 Å². The minimum Gasteiger partial charge on any atom is -0.348 e. The van der Waals surface area contributed by atoms with Crippen LogP contribution in [0.2, 0.25) is 0 Å². The van der Waals surface area contributed by atoms with E-state index in [1.165, 1.54) is 0 Å². The van der Waals surface area contributed by atoms with Gasteiger partial charge in [0.1, 0.15) is 5.69 Å². The number of aryl methyl sites for hydroxylation is 2. The van der Waals surface area contributed by atoms with E-state index in [-0.39, 0.29) is 17.7 Å². The van der Waals surface area contributed by atoms with Crippen LogP contribution < -0.4 is 0 Å². The molecule has 0 aromatic carbocycles. The average Bonchev–Trinajstić information content (AvgIpc) is 3.15. The van der Waals surface area contributed by atoms with E-state index in [9.17, 15) is 9.59 Å². The Kier molecular flexibility index (Phi) is 4.39. The van der Waals surface area contributed by atoms with E-state index in [2.05, 4.69) is 23.8 Å². The van der Waals surface area contributed by atoms with Gasteiger partial charge in [-0.15, -0.1) is 0 Å². The molecule has 7 nitrogen and oxygen atoms in total. The zero-order valence-corrected chi connectivity index (χ0v) is 16.1. The lowest BCUT2D eigenvalue weighted by Gasteiger charge is -2.31. The molecule has 2 amide bonds. The predicted octanol–water partition coefficient (Wildman–Crippen LogP) is 0.599. The molecule has 0 spiro atoms. The first-order chi connectivity index (χ1) is 11.7. The van der Waals surface area contributed by atoms with E-state index < -0.39 is 5.41 Å². The molecule has 0 unspecified atom stereocenters. The quantitative estimate of drug-likeness (QED) is 0.803. The molecule has 0 saturated carbocycles. The summed E-state index contributed by atoms with van der Waals surface area (Å²) in [6, 6.07) is 2.22. The molecule has 2 aliphatic rings. The largest absolute Gasteiger partial charge is 0.348 e. The highest BCUT2D eigenvalue weighted by Crippen LogP contribution is 2.44. The van der Waals surface area contributed by atoms with Crippen molar-refractivity contribution in [3.05, 3.63) is 17.5 Å². The number of aromatic nitrogens is 2. The smallest absolute Gasteiger partial charge is 0.272 e. The van der Waals surface area contributed by atoms with Crippen molar-refractivity contribution < 1.29 is 9.59 Å². The van der Waals surface area contributed by atoms with Crippen molar-refractivity contribution in [3.63, 3.8) is 0 Å². The summed E-state index contributed by atoms with van der Waals surface area (Å²) in [6.45, 7) is 8.91. The number of rotatable bonds is 3. The summed E-state index contributed by atoms with van der Waals surface area (Å²) in [5.74, 6) is 0.291. The number of carbonyl (C=O) groups is 2. The van der Waals surface area contributed by atoms with Gasteiger partial charge in [-0.1, -0.05) is 0 Å². The topological polar surface area (TPSA) is 61.7 Å². The van der Waals surface area contributed by atoms with Gasteiger partial charge in [0.05, 0.1) is 11.1 Å². The minimum atomic E-state index is -0.489. The van der Waals surface area contributed by atoms with Gasteiger partial charge in [0.25, 0.3) is 5.91 Å². The highest BCUT2D eigenvalue weighted by Gasteiger charge is 2.58. The SMILES string of the molecule is Cc1cc(C(=O)N2C[C@@H]3CN(C(C)C)C[C@]3(C(=O)N(C)C)C2)n(C)n1. The zero-order chi connectivity index (χ0) is 18.5. The average molecular weight is 347 g/mol. The van der Waals surface area contributed by atoms with Crippen LogP contribution in [0.5, 0.6) is 0 Å². The first-order valence-electron chi connectivity index (χ1n) is 8.91. The summed E-state index contributed by atoms with van der Waals surface area (Å²) < 4.78 is 1.63. The lowest BCUT2D eigenvalue weighted by molar-refractivity contribution is -0.139.